The molecule has 1 aromatic rings. The summed E-state index contributed by atoms with van der Waals surface area (Å²) in [6, 6.07) is 3.41. The Hall–Kier alpha value is -0.780. The van der Waals surface area contributed by atoms with Gasteiger partial charge in [-0.2, -0.15) is 0 Å². The van der Waals surface area contributed by atoms with E-state index in [2.05, 4.69) is 0 Å². The maximum Gasteiger partial charge on any atom is 0.185 e. The Kier molecular flexibility index (Phi) is 5.05. The summed E-state index contributed by atoms with van der Waals surface area (Å²) in [6.07, 6.45) is -1.33. The molecule has 16 heavy (non-hydrogen) atoms. The molecule has 2 N–H and O–H groups in total. The number of furan rings is 1. The smallest absolute Gasteiger partial charge is 0.185 e. The molecular formula is C11H16O4S. The van der Waals surface area contributed by atoms with Crippen molar-refractivity contribution in [3.05, 3.63) is 23.7 Å². The van der Waals surface area contributed by atoms with E-state index in [4.69, 9.17) is 4.42 Å². The summed E-state index contributed by atoms with van der Waals surface area (Å²) in [6.45, 7) is 3.36. The molecule has 0 aliphatic heterocycles. The number of carbonyl (C=O) groups is 1. The van der Waals surface area contributed by atoms with Crippen molar-refractivity contribution in [2.45, 2.75) is 32.5 Å². The second kappa shape index (κ2) is 6.08. The number of aliphatic hydroxyl groups is 2. The van der Waals surface area contributed by atoms with Crippen molar-refractivity contribution in [1.29, 1.82) is 0 Å². The van der Waals surface area contributed by atoms with Crippen LogP contribution in [0.15, 0.2) is 16.5 Å². The summed E-state index contributed by atoms with van der Waals surface area (Å²) in [5.74, 6) is 1.27. The quantitative estimate of drug-likeness (QED) is 0.821. The molecule has 0 spiro atoms. The lowest BCUT2D eigenvalue weighted by Crippen LogP contribution is -2.20. The van der Waals surface area contributed by atoms with E-state index < -0.39 is 12.2 Å². The molecule has 90 valence electrons. The minimum absolute atomic E-state index is 0.0834. The third kappa shape index (κ3) is 3.66. The molecule has 0 aromatic carbocycles. The molecule has 0 bridgehead atoms. The van der Waals surface area contributed by atoms with E-state index in [-0.39, 0.29) is 10.9 Å². The highest BCUT2D eigenvalue weighted by Crippen LogP contribution is 2.22. The Morgan fingerprint density at radius 3 is 2.69 bits per heavy atom. The fourth-order valence-corrected chi connectivity index (χ4v) is 1.81. The molecule has 2 atom stereocenters. The molecule has 1 heterocycles. The summed E-state index contributed by atoms with van der Waals surface area (Å²) in [5.41, 5.74) is 0. The van der Waals surface area contributed by atoms with Gasteiger partial charge in [0.1, 0.15) is 17.6 Å². The Bertz CT molecular complexity index is 348. The summed E-state index contributed by atoms with van der Waals surface area (Å²) in [7, 11) is 0. The molecule has 2 unspecified atom stereocenters. The molecule has 0 fully saturated rings. The topological polar surface area (TPSA) is 70.7 Å². The Balaban J connectivity index is 2.55. The summed E-state index contributed by atoms with van der Waals surface area (Å²) >= 11 is 0.984. The van der Waals surface area contributed by atoms with Gasteiger partial charge in [0.25, 0.3) is 0 Å². The first-order valence-electron chi connectivity index (χ1n) is 5.12. The van der Waals surface area contributed by atoms with Crippen LogP contribution < -0.4 is 0 Å². The maximum absolute atomic E-state index is 10.7. The van der Waals surface area contributed by atoms with Gasteiger partial charge in [0, 0.05) is 19.1 Å². The highest BCUT2D eigenvalue weighted by Gasteiger charge is 2.22. The zero-order valence-corrected chi connectivity index (χ0v) is 10.2. The van der Waals surface area contributed by atoms with Gasteiger partial charge >= 0.3 is 0 Å². The molecule has 0 aliphatic carbocycles. The molecule has 0 amide bonds. The number of rotatable bonds is 5. The third-order valence-corrected chi connectivity index (χ3v) is 3.06. The number of thioether (sulfide) groups is 1. The van der Waals surface area contributed by atoms with E-state index in [1.165, 1.54) is 6.92 Å². The fraction of sp³-hybridized carbons (Fsp3) is 0.545. The standard InChI is InChI=1S/C11H16O4S/c1-3-8-4-5-10(15-8)11(14)9(13)6-16-7(2)12/h4-5,9,11,13-14H,3,6H2,1-2H3. The summed E-state index contributed by atoms with van der Waals surface area (Å²) in [4.78, 5) is 10.7. The van der Waals surface area contributed by atoms with Crippen molar-refractivity contribution in [3.63, 3.8) is 0 Å². The first-order chi connectivity index (χ1) is 7.54. The van der Waals surface area contributed by atoms with Gasteiger partial charge in [-0.1, -0.05) is 18.7 Å². The van der Waals surface area contributed by atoms with Gasteiger partial charge in [-0.15, -0.1) is 0 Å². The molecule has 0 aliphatic rings. The molecule has 0 saturated carbocycles. The minimum atomic E-state index is -1.08. The van der Waals surface area contributed by atoms with Crippen molar-refractivity contribution in [2.24, 2.45) is 0 Å². The first kappa shape index (κ1) is 13.3. The predicted octanol–water partition coefficient (Wildman–Crippen LogP) is 1.52. The van der Waals surface area contributed by atoms with Crippen LogP contribution >= 0.6 is 11.8 Å². The molecular weight excluding hydrogens is 228 g/mol. The molecule has 0 saturated heterocycles. The maximum atomic E-state index is 10.7. The number of carbonyl (C=O) groups excluding carboxylic acids is 1. The van der Waals surface area contributed by atoms with E-state index in [0.29, 0.717) is 5.76 Å². The monoisotopic (exact) mass is 244 g/mol. The van der Waals surface area contributed by atoms with Gasteiger partial charge in [0.05, 0.1) is 6.10 Å². The number of aliphatic hydroxyl groups excluding tert-OH is 2. The Morgan fingerprint density at radius 2 is 2.19 bits per heavy atom. The predicted molar refractivity (Wildman–Crippen MR) is 62.2 cm³/mol. The normalized spacial score (nSPS) is 14.8. The van der Waals surface area contributed by atoms with E-state index in [1.54, 1.807) is 12.1 Å². The summed E-state index contributed by atoms with van der Waals surface area (Å²) < 4.78 is 5.32. The number of hydrogen-bond acceptors (Lipinski definition) is 5. The Labute approximate surface area is 98.7 Å². The zero-order chi connectivity index (χ0) is 12.1. The van der Waals surface area contributed by atoms with Crippen LogP contribution in [0.3, 0.4) is 0 Å². The van der Waals surface area contributed by atoms with Crippen molar-refractivity contribution < 1.29 is 19.4 Å². The number of aryl methyl sites for hydroxylation is 1. The third-order valence-electron chi connectivity index (χ3n) is 2.14. The highest BCUT2D eigenvalue weighted by molar-refractivity contribution is 8.13. The first-order valence-corrected chi connectivity index (χ1v) is 6.11. The Morgan fingerprint density at radius 1 is 1.50 bits per heavy atom. The molecule has 5 heteroatoms. The van der Waals surface area contributed by atoms with Gasteiger partial charge in [-0.3, -0.25) is 4.79 Å². The van der Waals surface area contributed by atoms with Crippen molar-refractivity contribution >= 4 is 16.9 Å². The van der Waals surface area contributed by atoms with Crippen LogP contribution in [0.5, 0.6) is 0 Å². The highest BCUT2D eigenvalue weighted by atomic mass is 32.2. The van der Waals surface area contributed by atoms with E-state index in [9.17, 15) is 15.0 Å². The largest absolute Gasteiger partial charge is 0.463 e. The zero-order valence-electron chi connectivity index (χ0n) is 9.34. The lowest BCUT2D eigenvalue weighted by atomic mass is 10.2. The fourth-order valence-electron chi connectivity index (χ4n) is 1.23. The molecule has 1 aromatic heterocycles. The SMILES string of the molecule is CCc1ccc(C(O)C(O)CSC(C)=O)o1. The van der Waals surface area contributed by atoms with Crippen LogP contribution in [-0.2, 0) is 11.2 Å². The average molecular weight is 244 g/mol. The molecule has 0 radical (unpaired) electrons. The van der Waals surface area contributed by atoms with Crippen LogP contribution in [0.1, 0.15) is 31.5 Å². The van der Waals surface area contributed by atoms with E-state index >= 15 is 0 Å². The van der Waals surface area contributed by atoms with Crippen LogP contribution in [0.4, 0.5) is 0 Å². The van der Waals surface area contributed by atoms with Crippen LogP contribution in [-0.4, -0.2) is 27.2 Å². The van der Waals surface area contributed by atoms with Crippen LogP contribution in [0, 0.1) is 0 Å². The van der Waals surface area contributed by atoms with Crippen LogP contribution in [0.25, 0.3) is 0 Å². The molecule has 4 nitrogen and oxygen atoms in total. The van der Waals surface area contributed by atoms with E-state index in [1.807, 2.05) is 6.92 Å². The van der Waals surface area contributed by atoms with Crippen molar-refractivity contribution in [1.82, 2.24) is 0 Å². The lowest BCUT2D eigenvalue weighted by molar-refractivity contribution is -0.109. The van der Waals surface area contributed by atoms with Gasteiger partial charge in [-0.05, 0) is 12.1 Å². The van der Waals surface area contributed by atoms with Gasteiger partial charge < -0.3 is 14.6 Å². The lowest BCUT2D eigenvalue weighted by Gasteiger charge is -2.14. The second-order valence-corrected chi connectivity index (χ2v) is 4.67. The van der Waals surface area contributed by atoms with Gasteiger partial charge in [0.15, 0.2) is 5.12 Å². The van der Waals surface area contributed by atoms with Crippen molar-refractivity contribution in [3.8, 4) is 0 Å². The summed E-state index contributed by atoms with van der Waals surface area (Å²) in [5, 5.41) is 19.3. The second-order valence-electron chi connectivity index (χ2n) is 3.47. The van der Waals surface area contributed by atoms with E-state index in [0.717, 1.165) is 23.9 Å². The van der Waals surface area contributed by atoms with Gasteiger partial charge in [-0.25, -0.2) is 0 Å². The number of hydrogen-bond donors (Lipinski definition) is 2. The minimum Gasteiger partial charge on any atom is -0.463 e. The van der Waals surface area contributed by atoms with Gasteiger partial charge in [0.2, 0.25) is 0 Å². The molecule has 1 rings (SSSR count). The average Bonchev–Trinajstić information content (AvgIpc) is 2.73. The van der Waals surface area contributed by atoms with Crippen LogP contribution in [0.2, 0.25) is 0 Å². The van der Waals surface area contributed by atoms with Crippen molar-refractivity contribution in [2.75, 3.05) is 5.75 Å².